The third-order valence-corrected chi connectivity index (χ3v) is 6.02. The number of aliphatic hydroxyl groups is 1. The van der Waals surface area contributed by atoms with Gasteiger partial charge in [-0.2, -0.15) is 0 Å². The van der Waals surface area contributed by atoms with Gasteiger partial charge in [0.1, 0.15) is 0 Å². The van der Waals surface area contributed by atoms with E-state index in [1.807, 2.05) is 18.4 Å². The molecule has 0 aliphatic heterocycles. The molecule has 0 amide bonds. The van der Waals surface area contributed by atoms with Gasteiger partial charge in [0.05, 0.1) is 19.1 Å². The number of unbranched alkanes of at least 4 members (excludes halogenated alkanes) is 4. The molecule has 1 rings (SSSR count). The van der Waals surface area contributed by atoms with Crippen molar-refractivity contribution in [3.05, 3.63) is 23.1 Å². The SMILES string of the molecule is CCCCCC(O)C=CC1C=C(SC)C(=O)C1C(CCCCC)C(=O)OC. The number of aliphatic hydroxyl groups excluding tert-OH is 1. The fourth-order valence-corrected chi connectivity index (χ4v) is 4.29. The highest BCUT2D eigenvalue weighted by Gasteiger charge is 2.43. The molecule has 0 aromatic heterocycles. The molecule has 0 aromatic rings. The minimum atomic E-state index is -0.504. The van der Waals surface area contributed by atoms with E-state index in [2.05, 4.69) is 13.8 Å². The summed E-state index contributed by atoms with van der Waals surface area (Å²) in [6, 6.07) is 0. The van der Waals surface area contributed by atoms with E-state index >= 15 is 0 Å². The maximum atomic E-state index is 12.9. The summed E-state index contributed by atoms with van der Waals surface area (Å²) in [7, 11) is 1.39. The highest BCUT2D eigenvalue weighted by atomic mass is 32.2. The summed E-state index contributed by atoms with van der Waals surface area (Å²) in [4.78, 5) is 26.0. The van der Waals surface area contributed by atoms with Crippen molar-refractivity contribution in [2.24, 2.45) is 17.8 Å². The number of esters is 1. The molecular formula is C22H36O4S. The molecule has 4 unspecified atom stereocenters. The molecular weight excluding hydrogens is 360 g/mol. The minimum Gasteiger partial charge on any atom is -0.469 e. The van der Waals surface area contributed by atoms with Gasteiger partial charge in [0.2, 0.25) is 0 Å². The number of methoxy groups -OCH3 is 1. The Balaban J connectivity index is 2.94. The number of rotatable bonds is 13. The summed E-state index contributed by atoms with van der Waals surface area (Å²) in [6.45, 7) is 4.25. The van der Waals surface area contributed by atoms with Crippen molar-refractivity contribution in [1.29, 1.82) is 0 Å². The van der Waals surface area contributed by atoms with Crippen LogP contribution in [0.3, 0.4) is 0 Å². The van der Waals surface area contributed by atoms with E-state index in [0.717, 1.165) is 44.9 Å². The summed E-state index contributed by atoms with van der Waals surface area (Å²) in [6.07, 6.45) is 14.6. The average molecular weight is 397 g/mol. The Morgan fingerprint density at radius 3 is 2.41 bits per heavy atom. The van der Waals surface area contributed by atoms with Crippen LogP contribution in [0, 0.1) is 17.8 Å². The second-order valence-corrected chi connectivity index (χ2v) is 8.12. The summed E-state index contributed by atoms with van der Waals surface area (Å²) >= 11 is 1.43. The van der Waals surface area contributed by atoms with Crippen LogP contribution in [0.1, 0.15) is 65.2 Å². The van der Waals surface area contributed by atoms with E-state index in [-0.39, 0.29) is 17.7 Å². The predicted octanol–water partition coefficient (Wildman–Crippen LogP) is 4.92. The van der Waals surface area contributed by atoms with Crippen LogP contribution in [0.5, 0.6) is 0 Å². The molecule has 0 bridgehead atoms. The lowest BCUT2D eigenvalue weighted by Gasteiger charge is -2.24. The van der Waals surface area contributed by atoms with Crippen molar-refractivity contribution >= 4 is 23.5 Å². The van der Waals surface area contributed by atoms with E-state index in [9.17, 15) is 14.7 Å². The van der Waals surface area contributed by atoms with Gasteiger partial charge in [-0.05, 0) is 19.1 Å². The van der Waals surface area contributed by atoms with Crippen molar-refractivity contribution in [2.75, 3.05) is 13.4 Å². The van der Waals surface area contributed by atoms with Crippen LogP contribution in [0.15, 0.2) is 23.1 Å². The standard InChI is InChI=1S/C22H36O4S/c1-5-7-9-11-17(23)14-13-16-15-19(27-4)21(24)20(16)18(22(25)26-3)12-10-8-6-2/h13-18,20,23H,5-12H2,1-4H3. The average Bonchev–Trinajstić information content (AvgIpc) is 2.98. The van der Waals surface area contributed by atoms with Gasteiger partial charge in [0.25, 0.3) is 0 Å². The molecule has 0 saturated carbocycles. The van der Waals surface area contributed by atoms with Crippen LogP contribution >= 0.6 is 11.8 Å². The molecule has 27 heavy (non-hydrogen) atoms. The molecule has 0 fully saturated rings. The third kappa shape index (κ3) is 7.46. The largest absolute Gasteiger partial charge is 0.469 e. The van der Waals surface area contributed by atoms with Crippen molar-refractivity contribution in [3.8, 4) is 0 Å². The zero-order valence-corrected chi connectivity index (χ0v) is 18.1. The zero-order chi connectivity index (χ0) is 20.2. The number of carbonyl (C=O) groups is 2. The number of ether oxygens (including phenoxy) is 1. The highest BCUT2D eigenvalue weighted by molar-refractivity contribution is 8.03. The Morgan fingerprint density at radius 1 is 1.22 bits per heavy atom. The third-order valence-electron chi connectivity index (χ3n) is 5.24. The highest BCUT2D eigenvalue weighted by Crippen LogP contribution is 2.40. The minimum absolute atomic E-state index is 0.0320. The molecule has 5 heteroatoms. The molecule has 4 nitrogen and oxygen atoms in total. The quantitative estimate of drug-likeness (QED) is 0.272. The molecule has 1 aliphatic carbocycles. The molecule has 4 atom stereocenters. The van der Waals surface area contributed by atoms with Crippen LogP contribution < -0.4 is 0 Å². The summed E-state index contributed by atoms with van der Waals surface area (Å²) in [5.74, 6) is -1.28. The lowest BCUT2D eigenvalue weighted by atomic mass is 9.79. The second kappa shape index (κ2) is 13.2. The first-order valence-corrected chi connectivity index (χ1v) is 11.5. The van der Waals surface area contributed by atoms with Crippen LogP contribution in [0.25, 0.3) is 0 Å². The van der Waals surface area contributed by atoms with Crippen LogP contribution in [0.2, 0.25) is 0 Å². The Kier molecular flexibility index (Phi) is 11.7. The first kappa shape index (κ1) is 24.0. The van der Waals surface area contributed by atoms with Gasteiger partial charge in [-0.15, -0.1) is 11.8 Å². The Hall–Kier alpha value is -1.07. The Labute approximate surface area is 168 Å². The maximum absolute atomic E-state index is 12.9. The van der Waals surface area contributed by atoms with E-state index in [1.165, 1.54) is 18.9 Å². The number of hydrogen-bond acceptors (Lipinski definition) is 5. The Bertz CT molecular complexity index is 526. The van der Waals surface area contributed by atoms with Crippen molar-refractivity contribution < 1.29 is 19.4 Å². The number of allylic oxidation sites excluding steroid dienone is 3. The molecule has 0 spiro atoms. The monoisotopic (exact) mass is 396 g/mol. The molecule has 0 aromatic carbocycles. The summed E-state index contributed by atoms with van der Waals surface area (Å²) in [5, 5.41) is 10.2. The molecule has 1 aliphatic rings. The van der Waals surface area contributed by atoms with Gasteiger partial charge in [-0.3, -0.25) is 9.59 Å². The van der Waals surface area contributed by atoms with Crippen molar-refractivity contribution in [3.63, 3.8) is 0 Å². The number of ketones is 1. The normalized spacial score (nSPS) is 22.1. The van der Waals surface area contributed by atoms with E-state index in [1.54, 1.807) is 6.08 Å². The number of Topliss-reactive ketones (excluding diaryl/α,β-unsaturated/α-hetero) is 1. The first-order valence-electron chi connectivity index (χ1n) is 10.2. The predicted molar refractivity (Wildman–Crippen MR) is 113 cm³/mol. The van der Waals surface area contributed by atoms with Gasteiger partial charge in [-0.25, -0.2) is 0 Å². The van der Waals surface area contributed by atoms with E-state index in [0.29, 0.717) is 11.3 Å². The number of carbonyl (C=O) groups excluding carboxylic acids is 2. The van der Waals surface area contributed by atoms with Gasteiger partial charge in [0.15, 0.2) is 5.78 Å². The van der Waals surface area contributed by atoms with Gasteiger partial charge in [-0.1, -0.05) is 70.6 Å². The molecule has 154 valence electrons. The summed E-state index contributed by atoms with van der Waals surface area (Å²) in [5.41, 5.74) is 0. The van der Waals surface area contributed by atoms with Gasteiger partial charge < -0.3 is 9.84 Å². The van der Waals surface area contributed by atoms with Crippen LogP contribution in [-0.2, 0) is 14.3 Å². The van der Waals surface area contributed by atoms with Gasteiger partial charge in [0, 0.05) is 16.7 Å². The molecule has 0 saturated heterocycles. The van der Waals surface area contributed by atoms with Gasteiger partial charge >= 0.3 is 5.97 Å². The van der Waals surface area contributed by atoms with Crippen LogP contribution in [0.4, 0.5) is 0 Å². The smallest absolute Gasteiger partial charge is 0.309 e. The molecule has 0 radical (unpaired) electrons. The molecule has 1 N–H and O–H groups in total. The summed E-state index contributed by atoms with van der Waals surface area (Å²) < 4.78 is 5.02. The second-order valence-electron chi connectivity index (χ2n) is 7.28. The topological polar surface area (TPSA) is 63.6 Å². The molecule has 0 heterocycles. The first-order chi connectivity index (χ1) is 13.0. The fourth-order valence-electron chi connectivity index (χ4n) is 3.66. The van der Waals surface area contributed by atoms with Crippen molar-refractivity contribution in [2.45, 2.75) is 71.3 Å². The fraction of sp³-hybridized carbons (Fsp3) is 0.727. The maximum Gasteiger partial charge on any atom is 0.309 e. The number of thioether (sulfide) groups is 1. The van der Waals surface area contributed by atoms with Crippen molar-refractivity contribution in [1.82, 2.24) is 0 Å². The lowest BCUT2D eigenvalue weighted by Crippen LogP contribution is -2.32. The lowest BCUT2D eigenvalue weighted by molar-refractivity contribution is -0.150. The Morgan fingerprint density at radius 2 is 1.85 bits per heavy atom. The van der Waals surface area contributed by atoms with E-state index in [4.69, 9.17) is 4.74 Å². The van der Waals surface area contributed by atoms with E-state index < -0.39 is 17.9 Å². The number of hydrogen-bond donors (Lipinski definition) is 1. The van der Waals surface area contributed by atoms with Crippen LogP contribution in [-0.4, -0.2) is 36.3 Å². The zero-order valence-electron chi connectivity index (χ0n) is 17.3.